The zero-order valence-electron chi connectivity index (χ0n) is 11.8. The molecule has 0 saturated carbocycles. The summed E-state index contributed by atoms with van der Waals surface area (Å²) in [6.07, 6.45) is 1.67. The summed E-state index contributed by atoms with van der Waals surface area (Å²) in [5, 5.41) is 0.988. The summed E-state index contributed by atoms with van der Waals surface area (Å²) >= 11 is 0. The molecule has 4 nitrogen and oxygen atoms in total. The van der Waals surface area contributed by atoms with Crippen molar-refractivity contribution in [3.63, 3.8) is 0 Å². The molecule has 0 atom stereocenters. The lowest BCUT2D eigenvalue weighted by Gasteiger charge is -2.34. The normalized spacial score (nSPS) is 11.6. The number of hydrogen-bond donors (Lipinski definition) is 0. The van der Waals surface area contributed by atoms with Gasteiger partial charge in [-0.15, -0.1) is 0 Å². The molecule has 4 heteroatoms. The predicted molar refractivity (Wildman–Crippen MR) is 75.3 cm³/mol. The number of hydrogen-bond acceptors (Lipinski definition) is 4. The standard InChI is InChI=1S/C15H19NO3/c1-5-18-14(17)15(2,3)16(4)12-10-19-13-9-7-6-8-11(12)13/h6-10H,5H2,1-4H3. The van der Waals surface area contributed by atoms with Crippen LogP contribution in [0.1, 0.15) is 20.8 Å². The van der Waals surface area contributed by atoms with Crippen LogP contribution in [0, 0.1) is 0 Å². The smallest absolute Gasteiger partial charge is 0.331 e. The van der Waals surface area contributed by atoms with E-state index >= 15 is 0 Å². The zero-order valence-corrected chi connectivity index (χ0v) is 11.8. The molecule has 0 aliphatic rings. The molecular weight excluding hydrogens is 242 g/mol. The van der Waals surface area contributed by atoms with Gasteiger partial charge in [0.25, 0.3) is 0 Å². The van der Waals surface area contributed by atoms with Gasteiger partial charge in [0.2, 0.25) is 0 Å². The van der Waals surface area contributed by atoms with Crippen LogP contribution >= 0.6 is 0 Å². The molecule has 0 N–H and O–H groups in total. The molecule has 2 aromatic rings. The summed E-state index contributed by atoms with van der Waals surface area (Å²) in [6.45, 7) is 5.86. The van der Waals surface area contributed by atoms with Crippen molar-refractivity contribution in [2.24, 2.45) is 0 Å². The number of nitrogens with zero attached hydrogens (tertiary/aromatic N) is 1. The maximum Gasteiger partial charge on any atom is 0.331 e. The van der Waals surface area contributed by atoms with E-state index in [1.54, 1.807) is 13.2 Å². The molecule has 0 aliphatic heterocycles. The first-order valence-electron chi connectivity index (χ1n) is 6.35. The van der Waals surface area contributed by atoms with Gasteiger partial charge in [-0.2, -0.15) is 0 Å². The number of esters is 1. The largest absolute Gasteiger partial charge is 0.464 e. The molecule has 0 amide bonds. The molecular formula is C15H19NO3. The van der Waals surface area contributed by atoms with Crippen molar-refractivity contribution in [2.45, 2.75) is 26.3 Å². The van der Waals surface area contributed by atoms with Gasteiger partial charge >= 0.3 is 5.97 Å². The van der Waals surface area contributed by atoms with Crippen LogP contribution in [0.25, 0.3) is 11.0 Å². The molecule has 102 valence electrons. The van der Waals surface area contributed by atoms with Gasteiger partial charge in [-0.3, -0.25) is 0 Å². The van der Waals surface area contributed by atoms with Crippen LogP contribution in [0.5, 0.6) is 0 Å². The number of carbonyl (C=O) groups excluding carboxylic acids is 1. The lowest BCUT2D eigenvalue weighted by Crippen LogP contribution is -2.49. The topological polar surface area (TPSA) is 42.7 Å². The Morgan fingerprint density at radius 3 is 2.74 bits per heavy atom. The van der Waals surface area contributed by atoms with Gasteiger partial charge in [-0.05, 0) is 32.9 Å². The number of anilines is 1. The van der Waals surface area contributed by atoms with Crippen LogP contribution in [0.2, 0.25) is 0 Å². The lowest BCUT2D eigenvalue weighted by atomic mass is 10.0. The molecule has 0 unspecified atom stereocenters. The van der Waals surface area contributed by atoms with Crippen molar-refractivity contribution in [3.8, 4) is 0 Å². The average Bonchev–Trinajstić information content (AvgIpc) is 2.81. The zero-order chi connectivity index (χ0) is 14.0. The predicted octanol–water partition coefficient (Wildman–Crippen LogP) is 3.21. The van der Waals surface area contributed by atoms with Crippen molar-refractivity contribution in [3.05, 3.63) is 30.5 Å². The van der Waals surface area contributed by atoms with E-state index in [1.807, 2.05) is 50.1 Å². The number of carbonyl (C=O) groups is 1. The van der Waals surface area contributed by atoms with Gasteiger partial charge in [0.15, 0.2) is 0 Å². The molecule has 0 saturated heterocycles. The fourth-order valence-electron chi connectivity index (χ4n) is 1.97. The molecule has 1 aromatic carbocycles. The Hall–Kier alpha value is -1.97. The fourth-order valence-corrected chi connectivity index (χ4v) is 1.97. The second-order valence-corrected chi connectivity index (χ2v) is 4.96. The average molecular weight is 261 g/mol. The van der Waals surface area contributed by atoms with Crippen LogP contribution in [-0.4, -0.2) is 25.2 Å². The van der Waals surface area contributed by atoms with Crippen molar-refractivity contribution in [2.75, 3.05) is 18.6 Å². The maximum atomic E-state index is 12.0. The van der Waals surface area contributed by atoms with E-state index in [9.17, 15) is 4.79 Å². The van der Waals surface area contributed by atoms with Crippen LogP contribution in [-0.2, 0) is 9.53 Å². The highest BCUT2D eigenvalue weighted by atomic mass is 16.5. The van der Waals surface area contributed by atoms with E-state index in [2.05, 4.69) is 0 Å². The van der Waals surface area contributed by atoms with E-state index < -0.39 is 5.54 Å². The maximum absolute atomic E-state index is 12.0. The monoisotopic (exact) mass is 261 g/mol. The molecule has 0 fully saturated rings. The van der Waals surface area contributed by atoms with Gasteiger partial charge < -0.3 is 14.1 Å². The molecule has 1 heterocycles. The van der Waals surface area contributed by atoms with Gasteiger partial charge in [0, 0.05) is 12.4 Å². The Kier molecular flexibility index (Phi) is 3.51. The highest BCUT2D eigenvalue weighted by Gasteiger charge is 2.35. The van der Waals surface area contributed by atoms with Gasteiger partial charge in [0.05, 0.1) is 12.3 Å². The Morgan fingerprint density at radius 1 is 1.37 bits per heavy atom. The van der Waals surface area contributed by atoms with Crippen molar-refractivity contribution < 1.29 is 13.9 Å². The molecule has 2 rings (SSSR count). The highest BCUT2D eigenvalue weighted by Crippen LogP contribution is 2.32. The van der Waals surface area contributed by atoms with E-state index in [-0.39, 0.29) is 5.97 Å². The van der Waals surface area contributed by atoms with E-state index in [0.717, 1.165) is 16.7 Å². The summed E-state index contributed by atoms with van der Waals surface area (Å²) in [7, 11) is 1.87. The summed E-state index contributed by atoms with van der Waals surface area (Å²) < 4.78 is 10.6. The first kappa shape index (κ1) is 13.5. The number of rotatable bonds is 4. The van der Waals surface area contributed by atoms with Gasteiger partial charge in [-0.25, -0.2) is 4.79 Å². The summed E-state index contributed by atoms with van der Waals surface area (Å²) in [6, 6.07) is 7.76. The van der Waals surface area contributed by atoms with Crippen LogP contribution in [0.4, 0.5) is 5.69 Å². The molecule has 0 aliphatic carbocycles. The molecule has 0 spiro atoms. The third-order valence-corrected chi connectivity index (χ3v) is 3.44. The minimum Gasteiger partial charge on any atom is -0.464 e. The Labute approximate surface area is 112 Å². The fraction of sp³-hybridized carbons (Fsp3) is 0.400. The molecule has 19 heavy (non-hydrogen) atoms. The Balaban J connectivity index is 2.38. The van der Waals surface area contributed by atoms with E-state index in [0.29, 0.717) is 6.61 Å². The molecule has 1 aromatic heterocycles. The molecule has 0 bridgehead atoms. The minimum atomic E-state index is -0.747. The van der Waals surface area contributed by atoms with E-state index in [4.69, 9.17) is 9.15 Å². The quantitative estimate of drug-likeness (QED) is 0.793. The first-order chi connectivity index (χ1) is 8.98. The summed E-state index contributed by atoms with van der Waals surface area (Å²) in [5.41, 5.74) is 0.945. The van der Waals surface area contributed by atoms with Crippen molar-refractivity contribution in [1.29, 1.82) is 0 Å². The third-order valence-electron chi connectivity index (χ3n) is 3.44. The van der Waals surface area contributed by atoms with Crippen LogP contribution in [0.3, 0.4) is 0 Å². The summed E-state index contributed by atoms with van der Waals surface area (Å²) in [5.74, 6) is -0.247. The third kappa shape index (κ3) is 2.30. The van der Waals surface area contributed by atoms with E-state index in [1.165, 1.54) is 0 Å². The van der Waals surface area contributed by atoms with Crippen LogP contribution < -0.4 is 4.90 Å². The van der Waals surface area contributed by atoms with Gasteiger partial charge in [-0.1, -0.05) is 12.1 Å². The SMILES string of the molecule is CCOC(=O)C(C)(C)N(C)c1coc2ccccc12. The number of benzene rings is 1. The highest BCUT2D eigenvalue weighted by molar-refractivity contribution is 5.94. The molecule has 0 radical (unpaired) electrons. The first-order valence-corrected chi connectivity index (χ1v) is 6.35. The number of ether oxygens (including phenoxy) is 1. The second kappa shape index (κ2) is 4.96. The van der Waals surface area contributed by atoms with Gasteiger partial charge in [0.1, 0.15) is 17.4 Å². The summed E-state index contributed by atoms with van der Waals surface area (Å²) in [4.78, 5) is 13.9. The Morgan fingerprint density at radius 2 is 2.05 bits per heavy atom. The number of fused-ring (bicyclic) bond motifs is 1. The van der Waals surface area contributed by atoms with Crippen LogP contribution in [0.15, 0.2) is 34.9 Å². The number of furan rings is 1. The number of likely N-dealkylation sites (N-methyl/N-ethyl adjacent to an activating group) is 1. The number of para-hydroxylation sites is 1. The lowest BCUT2D eigenvalue weighted by molar-refractivity contribution is -0.148. The van der Waals surface area contributed by atoms with Crippen molar-refractivity contribution in [1.82, 2.24) is 0 Å². The van der Waals surface area contributed by atoms with Crippen molar-refractivity contribution >= 4 is 22.6 Å². The Bertz CT molecular complexity index is 586. The minimum absolute atomic E-state index is 0.247. The second-order valence-electron chi connectivity index (χ2n) is 4.96.